The van der Waals surface area contributed by atoms with E-state index in [4.69, 9.17) is 16.4 Å². The summed E-state index contributed by atoms with van der Waals surface area (Å²) in [5, 5.41) is 5.48. The van der Waals surface area contributed by atoms with Crippen molar-refractivity contribution in [2.75, 3.05) is 0 Å². The van der Waals surface area contributed by atoms with Crippen LogP contribution in [-0.4, -0.2) is 14.9 Å². The Morgan fingerprint density at radius 1 is 1.17 bits per heavy atom. The van der Waals surface area contributed by atoms with Crippen molar-refractivity contribution >= 4 is 22.5 Å². The van der Waals surface area contributed by atoms with Gasteiger partial charge in [0.1, 0.15) is 17.3 Å². The summed E-state index contributed by atoms with van der Waals surface area (Å²) in [5.41, 5.74) is 1.85. The first kappa shape index (κ1) is 11.0. The van der Waals surface area contributed by atoms with Crippen LogP contribution in [0, 0.1) is 0 Å². The number of aromatic nitrogens is 3. The number of rotatable bonds is 3. The molecule has 0 atom stereocenters. The molecule has 0 N–H and O–H groups in total. The molecule has 1 aromatic carbocycles. The van der Waals surface area contributed by atoms with Crippen LogP contribution in [0.2, 0.25) is 5.15 Å². The molecule has 4 nitrogen and oxygen atoms in total. The minimum absolute atomic E-state index is 0.432. The molecule has 3 aromatic rings. The molecule has 2 heterocycles. The van der Waals surface area contributed by atoms with Crippen LogP contribution in [0.5, 0.6) is 0 Å². The molecule has 0 unspecified atom stereocenters. The molecule has 5 heteroatoms. The van der Waals surface area contributed by atoms with Crippen molar-refractivity contribution in [2.24, 2.45) is 0 Å². The fourth-order valence-corrected chi connectivity index (χ4v) is 1.87. The molecule has 0 aliphatic rings. The van der Waals surface area contributed by atoms with Crippen molar-refractivity contribution in [1.82, 2.24) is 14.9 Å². The second kappa shape index (κ2) is 4.66. The van der Waals surface area contributed by atoms with Crippen molar-refractivity contribution < 1.29 is 4.84 Å². The zero-order chi connectivity index (χ0) is 12.4. The van der Waals surface area contributed by atoms with Crippen LogP contribution in [0.25, 0.3) is 10.9 Å². The highest BCUT2D eigenvalue weighted by molar-refractivity contribution is 6.34. The average molecular weight is 260 g/mol. The highest BCUT2D eigenvalue weighted by Crippen LogP contribution is 2.18. The first-order valence-corrected chi connectivity index (χ1v) is 5.88. The van der Waals surface area contributed by atoms with Gasteiger partial charge in [0.2, 0.25) is 0 Å². The van der Waals surface area contributed by atoms with Gasteiger partial charge < -0.3 is 4.84 Å². The first-order chi connectivity index (χ1) is 8.83. The number of pyridine rings is 1. The molecule has 0 saturated heterocycles. The molecule has 0 radical (unpaired) electrons. The minimum Gasteiger partial charge on any atom is -0.392 e. The molecule has 18 heavy (non-hydrogen) atoms. The second-order valence-corrected chi connectivity index (χ2v) is 4.18. The van der Waals surface area contributed by atoms with Gasteiger partial charge in [-0.1, -0.05) is 41.9 Å². The Labute approximate surface area is 109 Å². The maximum Gasteiger partial charge on any atom is 0.142 e. The Kier molecular flexibility index (Phi) is 2.86. The average Bonchev–Trinajstić information content (AvgIpc) is 2.82. The van der Waals surface area contributed by atoms with Gasteiger partial charge in [-0.3, -0.25) is 0 Å². The van der Waals surface area contributed by atoms with Crippen LogP contribution in [0.4, 0.5) is 0 Å². The van der Waals surface area contributed by atoms with E-state index in [2.05, 4.69) is 10.1 Å². The summed E-state index contributed by atoms with van der Waals surface area (Å²) in [6, 6.07) is 11.7. The molecular weight excluding hydrogens is 250 g/mol. The Balaban J connectivity index is 1.81. The van der Waals surface area contributed by atoms with Crippen molar-refractivity contribution in [3.8, 4) is 0 Å². The quantitative estimate of drug-likeness (QED) is 0.679. The monoisotopic (exact) mass is 259 g/mol. The van der Waals surface area contributed by atoms with Gasteiger partial charge in [0.05, 0.1) is 11.6 Å². The van der Waals surface area contributed by atoms with Crippen LogP contribution < -0.4 is 4.84 Å². The Hall–Kier alpha value is -2.07. The smallest absolute Gasteiger partial charge is 0.142 e. The summed E-state index contributed by atoms with van der Waals surface area (Å²) in [4.78, 5) is 11.0. The molecular formula is C13H10ClN3O. The summed E-state index contributed by atoms with van der Waals surface area (Å²) >= 11 is 5.97. The maximum atomic E-state index is 5.97. The molecule has 0 fully saturated rings. The Morgan fingerprint density at radius 2 is 2.00 bits per heavy atom. The molecule has 0 bridgehead atoms. The van der Waals surface area contributed by atoms with Gasteiger partial charge in [-0.2, -0.15) is 0 Å². The van der Waals surface area contributed by atoms with E-state index < -0.39 is 0 Å². The largest absolute Gasteiger partial charge is 0.392 e. The third-order valence-electron chi connectivity index (χ3n) is 2.57. The van der Waals surface area contributed by atoms with Gasteiger partial charge in [0.15, 0.2) is 0 Å². The third-order valence-corrected chi connectivity index (χ3v) is 2.87. The van der Waals surface area contributed by atoms with E-state index in [0.29, 0.717) is 11.8 Å². The summed E-state index contributed by atoms with van der Waals surface area (Å²) in [5.74, 6) is 0. The topological polar surface area (TPSA) is 39.9 Å². The lowest BCUT2D eigenvalue weighted by atomic mass is 10.2. The SMILES string of the molecule is Clc1nccc2nn(OCc3ccccc3)cc12. The predicted molar refractivity (Wildman–Crippen MR) is 69.3 cm³/mol. The molecule has 0 aliphatic carbocycles. The highest BCUT2D eigenvalue weighted by Gasteiger charge is 2.05. The van der Waals surface area contributed by atoms with E-state index in [0.717, 1.165) is 16.5 Å². The molecule has 90 valence electrons. The van der Waals surface area contributed by atoms with E-state index in [1.54, 1.807) is 18.5 Å². The fraction of sp³-hybridized carbons (Fsp3) is 0.0769. The normalized spacial score (nSPS) is 10.7. The zero-order valence-corrected chi connectivity index (χ0v) is 10.2. The summed E-state index contributed by atoms with van der Waals surface area (Å²) in [6.45, 7) is 0.458. The van der Waals surface area contributed by atoms with Gasteiger partial charge in [0.25, 0.3) is 0 Å². The number of halogens is 1. The van der Waals surface area contributed by atoms with E-state index >= 15 is 0 Å². The number of fused-ring (bicyclic) bond motifs is 1. The number of hydrogen-bond donors (Lipinski definition) is 0. The number of benzene rings is 1. The van der Waals surface area contributed by atoms with Crippen molar-refractivity contribution in [3.63, 3.8) is 0 Å². The maximum absolute atomic E-state index is 5.97. The number of hydrogen-bond acceptors (Lipinski definition) is 3. The Bertz CT molecular complexity index is 666. The van der Waals surface area contributed by atoms with Crippen molar-refractivity contribution in [3.05, 3.63) is 59.5 Å². The summed E-state index contributed by atoms with van der Waals surface area (Å²) in [7, 11) is 0. The molecule has 3 rings (SSSR count). The fourth-order valence-electron chi connectivity index (χ4n) is 1.67. The lowest BCUT2D eigenvalue weighted by molar-refractivity contribution is 0.0716. The lowest BCUT2D eigenvalue weighted by Crippen LogP contribution is -2.11. The van der Waals surface area contributed by atoms with E-state index in [-0.39, 0.29) is 0 Å². The minimum atomic E-state index is 0.432. The van der Waals surface area contributed by atoms with Gasteiger partial charge in [-0.25, -0.2) is 4.98 Å². The first-order valence-electron chi connectivity index (χ1n) is 5.50. The molecule has 0 spiro atoms. The molecule has 0 amide bonds. The van der Waals surface area contributed by atoms with E-state index in [9.17, 15) is 0 Å². The number of nitrogens with zero attached hydrogens (tertiary/aromatic N) is 3. The van der Waals surface area contributed by atoms with Gasteiger partial charge >= 0.3 is 0 Å². The van der Waals surface area contributed by atoms with Crippen LogP contribution >= 0.6 is 11.6 Å². The van der Waals surface area contributed by atoms with Crippen molar-refractivity contribution in [1.29, 1.82) is 0 Å². The van der Waals surface area contributed by atoms with Crippen LogP contribution in [0.3, 0.4) is 0 Å². The summed E-state index contributed by atoms with van der Waals surface area (Å²) < 4.78 is 0. The van der Waals surface area contributed by atoms with E-state index in [1.165, 1.54) is 4.85 Å². The van der Waals surface area contributed by atoms with Gasteiger partial charge in [-0.05, 0) is 11.6 Å². The molecule has 0 saturated carbocycles. The van der Waals surface area contributed by atoms with Crippen LogP contribution in [0.1, 0.15) is 5.56 Å². The van der Waals surface area contributed by atoms with Gasteiger partial charge in [0, 0.05) is 6.20 Å². The Morgan fingerprint density at radius 3 is 2.78 bits per heavy atom. The molecule has 0 aliphatic heterocycles. The van der Waals surface area contributed by atoms with Crippen molar-refractivity contribution in [2.45, 2.75) is 6.61 Å². The predicted octanol–water partition coefficient (Wildman–Crippen LogP) is 2.71. The summed E-state index contributed by atoms with van der Waals surface area (Å²) in [6.07, 6.45) is 3.35. The van der Waals surface area contributed by atoms with Crippen LogP contribution in [-0.2, 0) is 6.61 Å². The van der Waals surface area contributed by atoms with Gasteiger partial charge in [-0.15, -0.1) is 9.94 Å². The molecule has 2 aromatic heterocycles. The third kappa shape index (κ3) is 2.15. The standard InChI is InChI=1S/C13H10ClN3O/c14-13-11-8-17(16-12(11)6-7-15-13)18-9-10-4-2-1-3-5-10/h1-8H,9H2. The van der Waals surface area contributed by atoms with Crippen LogP contribution in [0.15, 0.2) is 48.8 Å². The lowest BCUT2D eigenvalue weighted by Gasteiger charge is -2.03. The second-order valence-electron chi connectivity index (χ2n) is 3.83. The highest BCUT2D eigenvalue weighted by atomic mass is 35.5. The van der Waals surface area contributed by atoms with E-state index in [1.807, 2.05) is 30.3 Å². The zero-order valence-electron chi connectivity index (χ0n) is 9.45.